The lowest BCUT2D eigenvalue weighted by Crippen LogP contribution is -1.81. The van der Waals surface area contributed by atoms with Crippen molar-refractivity contribution in [3.63, 3.8) is 0 Å². The predicted octanol–water partition coefficient (Wildman–Crippen LogP) is 22.4. The molecule has 0 amide bonds. The highest BCUT2D eigenvalue weighted by Crippen LogP contribution is 2.23. The second kappa shape index (κ2) is 34.8. The van der Waals surface area contributed by atoms with E-state index in [9.17, 15) is 0 Å². The number of hydrogen-bond acceptors (Lipinski definition) is 0. The highest BCUT2D eigenvalue weighted by atomic mass is 14.0. The SMILES string of the molecule is Cc1cc(C)cc(-c2ccccc2)c1.Cc1cc(C)cc(-c2ccccc2)c1.Cc1cc(C)cc(C)c1.Cc1cc(C)cc(C)c1.Cc1ccc(C)cc1.Cc1ccc(C)cc1.Cc1cccc(C)c1.Cc1cccc(C)c1. The van der Waals surface area contributed by atoms with Gasteiger partial charge in [-0.2, -0.15) is 0 Å². The lowest BCUT2D eigenvalue weighted by Gasteiger charge is -2.04. The molecule has 0 heteroatoms. The van der Waals surface area contributed by atoms with E-state index in [-0.39, 0.29) is 0 Å². The lowest BCUT2D eigenvalue weighted by molar-refractivity contribution is 1.32. The van der Waals surface area contributed by atoms with Crippen LogP contribution in [0.5, 0.6) is 0 Å². The van der Waals surface area contributed by atoms with E-state index in [1.165, 1.54) is 122 Å². The highest BCUT2D eigenvalue weighted by molar-refractivity contribution is 5.66. The van der Waals surface area contributed by atoms with Gasteiger partial charge in [0.15, 0.2) is 0 Å². The van der Waals surface area contributed by atoms with Gasteiger partial charge >= 0.3 is 0 Å². The Morgan fingerprint density at radius 3 is 0.449 bits per heavy atom. The van der Waals surface area contributed by atoms with Crippen LogP contribution in [0, 0.1) is 125 Å². The quantitative estimate of drug-likeness (QED) is 0.162. The third kappa shape index (κ3) is 28.4. The summed E-state index contributed by atoms with van der Waals surface area (Å²) < 4.78 is 0. The maximum Gasteiger partial charge on any atom is -0.0179 e. The van der Waals surface area contributed by atoms with Crippen molar-refractivity contribution in [1.29, 1.82) is 0 Å². The Labute approximate surface area is 475 Å². The molecule has 0 aliphatic carbocycles. The van der Waals surface area contributed by atoms with Gasteiger partial charge in [-0.15, -0.1) is 0 Å². The number of aryl methyl sites for hydroxylation is 18. The Hall–Kier alpha value is -7.80. The van der Waals surface area contributed by atoms with E-state index in [0.29, 0.717) is 0 Å². The Morgan fingerprint density at radius 1 is 0.115 bits per heavy atom. The molecule has 0 atom stereocenters. The van der Waals surface area contributed by atoms with Crippen molar-refractivity contribution < 1.29 is 0 Å². The minimum Gasteiger partial charge on any atom is -0.0622 e. The normalized spacial score (nSPS) is 9.67. The van der Waals surface area contributed by atoms with Crippen LogP contribution in [0.1, 0.15) is 100 Å². The summed E-state index contributed by atoms with van der Waals surface area (Å²) in [5.41, 5.74) is 29.3. The monoisotopic (exact) mass is 1030 g/mol. The molecule has 0 nitrogen and oxygen atoms in total. The fourth-order valence-corrected chi connectivity index (χ4v) is 8.84. The van der Waals surface area contributed by atoms with Crippen molar-refractivity contribution in [2.45, 2.75) is 125 Å². The molecular formula is C78H92. The molecule has 10 aromatic rings. The van der Waals surface area contributed by atoms with E-state index in [1.807, 2.05) is 12.1 Å². The number of rotatable bonds is 2. The molecule has 0 unspecified atom stereocenters. The average molecular weight is 1030 g/mol. The third-order valence-electron chi connectivity index (χ3n) is 12.2. The summed E-state index contributed by atoms with van der Waals surface area (Å²) in [6.07, 6.45) is 0. The first-order valence-corrected chi connectivity index (χ1v) is 27.5. The number of hydrogen-bond donors (Lipinski definition) is 0. The summed E-state index contributed by atoms with van der Waals surface area (Å²) in [5, 5.41) is 0. The summed E-state index contributed by atoms with van der Waals surface area (Å²) >= 11 is 0. The molecule has 10 aromatic carbocycles. The van der Waals surface area contributed by atoms with Gasteiger partial charge in [-0.3, -0.25) is 0 Å². The molecule has 10 rings (SSSR count). The first-order chi connectivity index (χ1) is 37.0. The van der Waals surface area contributed by atoms with E-state index >= 15 is 0 Å². The van der Waals surface area contributed by atoms with E-state index < -0.39 is 0 Å². The van der Waals surface area contributed by atoms with Crippen molar-refractivity contribution in [1.82, 2.24) is 0 Å². The standard InChI is InChI=1S/2C14H14.2C9H12.4C8H10/c2*1-11-8-12(2)10-14(9-11)13-6-4-3-5-7-13;2*1-7-4-8(2)6-9(3)5-7;2*1-7-3-5-8(2)6-4-7;2*1-7-4-3-5-8(2)6-7/h2*3-10H,1-2H3;2*4-6H,1-3H3;4*3-6H,1-2H3. The predicted molar refractivity (Wildman–Crippen MR) is 348 cm³/mol. The molecule has 404 valence electrons. The van der Waals surface area contributed by atoms with Crippen molar-refractivity contribution in [2.24, 2.45) is 0 Å². The summed E-state index contributed by atoms with van der Waals surface area (Å²) in [7, 11) is 0. The van der Waals surface area contributed by atoms with Gasteiger partial charge in [-0.05, 0) is 147 Å². The molecule has 0 saturated carbocycles. The molecule has 0 saturated heterocycles. The van der Waals surface area contributed by atoms with Crippen LogP contribution in [0.4, 0.5) is 0 Å². The zero-order valence-corrected chi connectivity index (χ0v) is 50.9. The van der Waals surface area contributed by atoms with Gasteiger partial charge in [-0.1, -0.05) is 331 Å². The first kappa shape index (κ1) is 64.5. The molecule has 0 fully saturated rings. The van der Waals surface area contributed by atoms with Crippen LogP contribution in [0.15, 0.2) is 231 Å². The minimum absolute atomic E-state index is 1.29. The van der Waals surface area contributed by atoms with Crippen LogP contribution >= 0.6 is 0 Å². The maximum atomic E-state index is 2.22. The summed E-state index contributed by atoms with van der Waals surface area (Å²) in [5.74, 6) is 0. The first-order valence-electron chi connectivity index (χ1n) is 27.5. The van der Waals surface area contributed by atoms with E-state index in [0.717, 1.165) is 0 Å². The van der Waals surface area contributed by atoms with Crippen LogP contribution < -0.4 is 0 Å². The molecule has 0 bridgehead atoms. The van der Waals surface area contributed by atoms with Crippen LogP contribution in [0.2, 0.25) is 0 Å². The van der Waals surface area contributed by atoms with Crippen LogP contribution in [-0.4, -0.2) is 0 Å². The molecule has 0 radical (unpaired) electrons. The zero-order valence-electron chi connectivity index (χ0n) is 50.9. The van der Waals surface area contributed by atoms with Crippen LogP contribution in [-0.2, 0) is 0 Å². The fourth-order valence-electron chi connectivity index (χ4n) is 8.84. The maximum absolute atomic E-state index is 2.22. The van der Waals surface area contributed by atoms with Crippen molar-refractivity contribution in [3.05, 3.63) is 331 Å². The summed E-state index contributed by atoms with van der Waals surface area (Å²) in [6, 6.07) is 81.3. The van der Waals surface area contributed by atoms with Crippen molar-refractivity contribution in [3.8, 4) is 22.3 Å². The van der Waals surface area contributed by atoms with Gasteiger partial charge in [0.1, 0.15) is 0 Å². The number of benzene rings is 10. The van der Waals surface area contributed by atoms with E-state index in [1.54, 1.807) is 0 Å². The Bertz CT molecular complexity index is 2820. The topological polar surface area (TPSA) is 0 Å². The molecule has 0 spiro atoms. The van der Waals surface area contributed by atoms with Gasteiger partial charge in [0.25, 0.3) is 0 Å². The van der Waals surface area contributed by atoms with E-state index in [2.05, 4.69) is 343 Å². The second-order valence-electron chi connectivity index (χ2n) is 21.4. The third-order valence-corrected chi connectivity index (χ3v) is 12.2. The van der Waals surface area contributed by atoms with E-state index in [4.69, 9.17) is 0 Å². The molecular weight excluding hydrogens is 937 g/mol. The fraction of sp³-hybridized carbons (Fsp3) is 0.231. The largest absolute Gasteiger partial charge is 0.0622 e. The van der Waals surface area contributed by atoms with Gasteiger partial charge < -0.3 is 0 Å². The smallest absolute Gasteiger partial charge is 0.0179 e. The summed E-state index contributed by atoms with van der Waals surface area (Å²) in [6.45, 7) is 38.1. The van der Waals surface area contributed by atoms with Crippen LogP contribution in [0.3, 0.4) is 0 Å². The zero-order chi connectivity index (χ0) is 57.6. The van der Waals surface area contributed by atoms with Crippen molar-refractivity contribution in [2.75, 3.05) is 0 Å². The minimum atomic E-state index is 1.29. The Kier molecular flexibility index (Phi) is 28.8. The van der Waals surface area contributed by atoms with Crippen LogP contribution in [0.25, 0.3) is 22.3 Å². The van der Waals surface area contributed by atoms with Gasteiger partial charge in [0.2, 0.25) is 0 Å². The van der Waals surface area contributed by atoms with Crippen molar-refractivity contribution >= 4 is 0 Å². The van der Waals surface area contributed by atoms with Gasteiger partial charge in [0, 0.05) is 0 Å². The molecule has 78 heavy (non-hydrogen) atoms. The highest BCUT2D eigenvalue weighted by Gasteiger charge is 1.99. The molecule has 0 aliphatic heterocycles. The van der Waals surface area contributed by atoms with Gasteiger partial charge in [-0.25, -0.2) is 0 Å². The summed E-state index contributed by atoms with van der Waals surface area (Å²) in [4.78, 5) is 0. The Balaban J connectivity index is 0.000000237. The average Bonchev–Trinajstić information content (AvgIpc) is 3.37. The molecule has 0 heterocycles. The molecule has 0 N–H and O–H groups in total. The van der Waals surface area contributed by atoms with Gasteiger partial charge in [0.05, 0.1) is 0 Å². The second-order valence-corrected chi connectivity index (χ2v) is 21.4. The lowest BCUT2D eigenvalue weighted by atomic mass is 10.0. The molecule has 0 aliphatic rings. The molecule has 0 aromatic heterocycles. The Morgan fingerprint density at radius 2 is 0.282 bits per heavy atom.